The molecular weight excluding hydrogens is 188 g/mol. The highest BCUT2D eigenvalue weighted by atomic mass is 79.9. The number of hydrogen-bond donors (Lipinski definition) is 0. The molecule has 0 heterocycles. The van der Waals surface area contributed by atoms with Crippen molar-refractivity contribution >= 4 is 15.9 Å². The maximum Gasteiger partial charge on any atom is 0.0176 e. The van der Waals surface area contributed by atoms with Crippen LogP contribution in [-0.2, 0) is 0 Å². The van der Waals surface area contributed by atoms with E-state index >= 15 is 0 Å². The highest BCUT2D eigenvalue weighted by Gasteiger charge is 2.28. The summed E-state index contributed by atoms with van der Waals surface area (Å²) in [7, 11) is 0. The fourth-order valence-electron chi connectivity index (χ4n) is 1.89. The zero-order valence-electron chi connectivity index (χ0n) is 6.94. The van der Waals surface area contributed by atoms with Gasteiger partial charge in [-0.3, -0.25) is 0 Å². The molecular formula is C9H17Br. The molecule has 0 amide bonds. The fourth-order valence-corrected chi connectivity index (χ4v) is 3.00. The molecule has 1 rings (SSSR count). The van der Waals surface area contributed by atoms with E-state index < -0.39 is 0 Å². The first-order valence-corrected chi connectivity index (χ1v) is 5.31. The van der Waals surface area contributed by atoms with Crippen molar-refractivity contribution in [3.63, 3.8) is 0 Å². The lowest BCUT2D eigenvalue weighted by atomic mass is 9.91. The second-order valence-corrected chi connectivity index (χ2v) is 4.67. The SMILES string of the molecule is CCC(C)C1CCCC1Br. The van der Waals surface area contributed by atoms with Gasteiger partial charge in [-0.1, -0.05) is 42.6 Å². The standard InChI is InChI=1S/C9H17Br/c1-3-7(2)8-5-4-6-9(8)10/h7-9H,3-6H2,1-2H3. The summed E-state index contributed by atoms with van der Waals surface area (Å²) in [6.45, 7) is 4.67. The Morgan fingerprint density at radius 1 is 1.50 bits per heavy atom. The van der Waals surface area contributed by atoms with Crippen LogP contribution in [-0.4, -0.2) is 4.83 Å². The first-order chi connectivity index (χ1) is 4.75. The zero-order chi connectivity index (χ0) is 7.56. The highest BCUT2D eigenvalue weighted by molar-refractivity contribution is 9.09. The van der Waals surface area contributed by atoms with Crippen molar-refractivity contribution < 1.29 is 0 Å². The number of rotatable bonds is 2. The Hall–Kier alpha value is 0.480. The lowest BCUT2D eigenvalue weighted by Crippen LogP contribution is -2.15. The molecule has 1 aliphatic carbocycles. The van der Waals surface area contributed by atoms with E-state index in [0.29, 0.717) is 0 Å². The summed E-state index contributed by atoms with van der Waals surface area (Å²) in [5, 5.41) is 0. The monoisotopic (exact) mass is 204 g/mol. The van der Waals surface area contributed by atoms with Crippen molar-refractivity contribution in [1.82, 2.24) is 0 Å². The van der Waals surface area contributed by atoms with E-state index in [-0.39, 0.29) is 0 Å². The molecule has 10 heavy (non-hydrogen) atoms. The lowest BCUT2D eigenvalue weighted by molar-refractivity contribution is 0.367. The van der Waals surface area contributed by atoms with Gasteiger partial charge in [0, 0.05) is 4.83 Å². The molecule has 0 aromatic rings. The van der Waals surface area contributed by atoms with Gasteiger partial charge in [0.2, 0.25) is 0 Å². The first-order valence-electron chi connectivity index (χ1n) is 4.39. The molecule has 0 bridgehead atoms. The third-order valence-electron chi connectivity index (χ3n) is 2.86. The molecule has 1 fully saturated rings. The Kier molecular flexibility index (Phi) is 3.22. The smallest absolute Gasteiger partial charge is 0.0176 e. The molecule has 0 aromatic carbocycles. The molecule has 1 aliphatic rings. The first kappa shape index (κ1) is 8.58. The fraction of sp³-hybridized carbons (Fsp3) is 1.00. The Balaban J connectivity index is 2.38. The summed E-state index contributed by atoms with van der Waals surface area (Å²) in [5.74, 6) is 1.89. The summed E-state index contributed by atoms with van der Waals surface area (Å²) in [5.41, 5.74) is 0. The molecule has 1 saturated carbocycles. The molecule has 0 nitrogen and oxygen atoms in total. The van der Waals surface area contributed by atoms with Gasteiger partial charge in [-0.15, -0.1) is 0 Å². The molecule has 0 aromatic heterocycles. The van der Waals surface area contributed by atoms with E-state index in [1.807, 2.05) is 0 Å². The van der Waals surface area contributed by atoms with Gasteiger partial charge in [-0.2, -0.15) is 0 Å². The predicted octanol–water partition coefficient (Wildman–Crippen LogP) is 3.60. The summed E-state index contributed by atoms with van der Waals surface area (Å²) in [6.07, 6.45) is 5.62. The van der Waals surface area contributed by atoms with E-state index in [1.165, 1.54) is 25.7 Å². The van der Waals surface area contributed by atoms with Crippen molar-refractivity contribution in [3.8, 4) is 0 Å². The van der Waals surface area contributed by atoms with Gasteiger partial charge in [0.05, 0.1) is 0 Å². The lowest BCUT2D eigenvalue weighted by Gasteiger charge is -2.20. The van der Waals surface area contributed by atoms with Gasteiger partial charge in [-0.25, -0.2) is 0 Å². The van der Waals surface area contributed by atoms with E-state index in [9.17, 15) is 0 Å². The van der Waals surface area contributed by atoms with E-state index in [4.69, 9.17) is 0 Å². The second-order valence-electron chi connectivity index (χ2n) is 3.50. The Bertz CT molecular complexity index is 101. The van der Waals surface area contributed by atoms with Gasteiger partial charge in [0.25, 0.3) is 0 Å². The van der Waals surface area contributed by atoms with Crippen molar-refractivity contribution in [2.75, 3.05) is 0 Å². The minimum absolute atomic E-state index is 0.822. The molecule has 0 N–H and O–H groups in total. The predicted molar refractivity (Wildman–Crippen MR) is 49.5 cm³/mol. The molecule has 0 radical (unpaired) electrons. The molecule has 1 heteroatoms. The van der Waals surface area contributed by atoms with Gasteiger partial charge in [-0.05, 0) is 24.7 Å². The van der Waals surface area contributed by atoms with Gasteiger partial charge < -0.3 is 0 Å². The van der Waals surface area contributed by atoms with Crippen LogP contribution >= 0.6 is 15.9 Å². The van der Waals surface area contributed by atoms with Crippen molar-refractivity contribution in [3.05, 3.63) is 0 Å². The van der Waals surface area contributed by atoms with Crippen LogP contribution in [0, 0.1) is 11.8 Å². The molecule has 3 atom stereocenters. The van der Waals surface area contributed by atoms with Crippen LogP contribution in [0.4, 0.5) is 0 Å². The van der Waals surface area contributed by atoms with Crippen LogP contribution in [0.25, 0.3) is 0 Å². The van der Waals surface area contributed by atoms with Gasteiger partial charge >= 0.3 is 0 Å². The maximum atomic E-state index is 3.75. The van der Waals surface area contributed by atoms with Crippen LogP contribution in [0.2, 0.25) is 0 Å². The molecule has 60 valence electrons. The van der Waals surface area contributed by atoms with Crippen LogP contribution < -0.4 is 0 Å². The minimum atomic E-state index is 0.822. The average Bonchev–Trinajstić information content (AvgIpc) is 2.34. The van der Waals surface area contributed by atoms with Crippen LogP contribution in [0.5, 0.6) is 0 Å². The zero-order valence-corrected chi connectivity index (χ0v) is 8.52. The van der Waals surface area contributed by atoms with Gasteiger partial charge in [0.1, 0.15) is 0 Å². The Morgan fingerprint density at radius 2 is 2.20 bits per heavy atom. The molecule has 0 aliphatic heterocycles. The third kappa shape index (κ3) is 1.75. The molecule has 3 unspecified atom stereocenters. The Morgan fingerprint density at radius 3 is 2.60 bits per heavy atom. The van der Waals surface area contributed by atoms with Crippen LogP contribution in [0.15, 0.2) is 0 Å². The average molecular weight is 205 g/mol. The normalized spacial score (nSPS) is 36.3. The summed E-state index contributed by atoms with van der Waals surface area (Å²) >= 11 is 3.75. The quantitative estimate of drug-likeness (QED) is 0.604. The van der Waals surface area contributed by atoms with Gasteiger partial charge in [0.15, 0.2) is 0 Å². The van der Waals surface area contributed by atoms with Crippen LogP contribution in [0.1, 0.15) is 39.5 Å². The number of halogens is 1. The summed E-state index contributed by atoms with van der Waals surface area (Å²) in [4.78, 5) is 0.822. The van der Waals surface area contributed by atoms with Crippen molar-refractivity contribution in [2.24, 2.45) is 11.8 Å². The maximum absolute atomic E-state index is 3.75. The van der Waals surface area contributed by atoms with E-state index in [2.05, 4.69) is 29.8 Å². The van der Waals surface area contributed by atoms with E-state index in [1.54, 1.807) is 0 Å². The highest BCUT2D eigenvalue weighted by Crippen LogP contribution is 2.37. The van der Waals surface area contributed by atoms with Crippen LogP contribution in [0.3, 0.4) is 0 Å². The summed E-state index contributed by atoms with van der Waals surface area (Å²) in [6, 6.07) is 0. The number of hydrogen-bond acceptors (Lipinski definition) is 0. The minimum Gasteiger partial charge on any atom is -0.0888 e. The number of alkyl halides is 1. The van der Waals surface area contributed by atoms with E-state index in [0.717, 1.165) is 16.7 Å². The third-order valence-corrected chi connectivity index (χ3v) is 3.99. The topological polar surface area (TPSA) is 0 Å². The molecule has 0 spiro atoms. The summed E-state index contributed by atoms with van der Waals surface area (Å²) < 4.78 is 0. The van der Waals surface area contributed by atoms with Crippen molar-refractivity contribution in [1.29, 1.82) is 0 Å². The molecule has 0 saturated heterocycles. The largest absolute Gasteiger partial charge is 0.0888 e. The van der Waals surface area contributed by atoms with Crippen molar-refractivity contribution in [2.45, 2.75) is 44.4 Å². The Labute approximate surface area is 72.5 Å². The second kappa shape index (κ2) is 3.75.